The Labute approximate surface area is 141 Å². The quantitative estimate of drug-likeness (QED) is 0.789. The summed E-state index contributed by atoms with van der Waals surface area (Å²) in [5.41, 5.74) is 3.40. The van der Waals surface area contributed by atoms with E-state index in [-0.39, 0.29) is 4.90 Å². The van der Waals surface area contributed by atoms with E-state index in [0.717, 1.165) is 22.4 Å². The van der Waals surface area contributed by atoms with Crippen LogP contribution < -0.4 is 4.72 Å². The summed E-state index contributed by atoms with van der Waals surface area (Å²) in [7, 11) is -1.58. The molecule has 0 spiro atoms. The number of hydrogen-bond acceptors (Lipinski definition) is 3. The van der Waals surface area contributed by atoms with Gasteiger partial charge in [0.1, 0.15) is 5.82 Å². The molecular formula is C18H19N3O2S. The van der Waals surface area contributed by atoms with Gasteiger partial charge in [0.15, 0.2) is 0 Å². The first-order chi connectivity index (χ1) is 11.4. The molecule has 1 aliphatic carbocycles. The normalized spacial score (nSPS) is 14.9. The van der Waals surface area contributed by atoms with Gasteiger partial charge in [-0.3, -0.25) is 4.72 Å². The number of aryl methyl sites for hydroxylation is 2. The first-order valence-corrected chi connectivity index (χ1v) is 9.48. The molecule has 3 aromatic rings. The van der Waals surface area contributed by atoms with Crippen LogP contribution in [0.5, 0.6) is 0 Å². The summed E-state index contributed by atoms with van der Waals surface area (Å²) in [4.78, 5) is 4.93. The zero-order valence-electron chi connectivity index (χ0n) is 13.7. The summed E-state index contributed by atoms with van der Waals surface area (Å²) in [6.45, 7) is 1.93. The summed E-state index contributed by atoms with van der Waals surface area (Å²) in [6.07, 6.45) is 2.37. The molecule has 0 amide bonds. The van der Waals surface area contributed by atoms with Crippen molar-refractivity contribution in [2.75, 3.05) is 4.72 Å². The maximum atomic E-state index is 12.5. The lowest BCUT2D eigenvalue weighted by atomic mass is 10.2. The molecule has 1 aromatic heterocycles. The van der Waals surface area contributed by atoms with Crippen molar-refractivity contribution in [1.29, 1.82) is 0 Å². The van der Waals surface area contributed by atoms with Gasteiger partial charge < -0.3 is 4.57 Å². The zero-order valence-corrected chi connectivity index (χ0v) is 14.5. The fourth-order valence-electron chi connectivity index (χ4n) is 2.92. The van der Waals surface area contributed by atoms with Crippen molar-refractivity contribution >= 4 is 26.7 Å². The molecule has 0 unspecified atom stereocenters. The number of imidazole rings is 1. The van der Waals surface area contributed by atoms with Gasteiger partial charge in [0.25, 0.3) is 10.0 Å². The molecule has 0 bridgehead atoms. The summed E-state index contributed by atoms with van der Waals surface area (Å²) >= 11 is 0. The maximum absolute atomic E-state index is 12.5. The average Bonchev–Trinajstić information content (AvgIpc) is 3.32. The highest BCUT2D eigenvalue weighted by molar-refractivity contribution is 7.92. The van der Waals surface area contributed by atoms with Gasteiger partial charge in [0.05, 0.1) is 21.6 Å². The van der Waals surface area contributed by atoms with Crippen LogP contribution in [0.15, 0.2) is 47.4 Å². The summed E-state index contributed by atoms with van der Waals surface area (Å²) < 4.78 is 29.8. The van der Waals surface area contributed by atoms with Gasteiger partial charge in [-0.15, -0.1) is 0 Å². The second-order valence-corrected chi connectivity index (χ2v) is 8.11. The maximum Gasteiger partial charge on any atom is 0.261 e. The highest BCUT2D eigenvalue weighted by Crippen LogP contribution is 2.40. The zero-order chi connectivity index (χ0) is 16.9. The van der Waals surface area contributed by atoms with Crippen molar-refractivity contribution in [2.24, 2.45) is 7.05 Å². The number of nitrogens with zero attached hydrogens (tertiary/aromatic N) is 2. The number of anilines is 1. The predicted molar refractivity (Wildman–Crippen MR) is 94.7 cm³/mol. The van der Waals surface area contributed by atoms with Crippen LogP contribution in [0.3, 0.4) is 0 Å². The van der Waals surface area contributed by atoms with Crippen molar-refractivity contribution in [2.45, 2.75) is 30.6 Å². The highest BCUT2D eigenvalue weighted by Gasteiger charge is 2.28. The Morgan fingerprint density at radius 1 is 1.12 bits per heavy atom. The standard InChI is InChI=1S/C18H19N3O2S/c1-12-3-8-15(9-4-12)24(22,23)20-14-7-10-17-16(11-14)19-18(21(17)2)13-5-6-13/h3-4,7-11,13,20H,5-6H2,1-2H3. The number of benzene rings is 2. The van der Waals surface area contributed by atoms with Gasteiger partial charge in [-0.05, 0) is 50.1 Å². The number of sulfonamides is 1. The van der Waals surface area contributed by atoms with E-state index in [1.807, 2.05) is 20.0 Å². The first-order valence-electron chi connectivity index (χ1n) is 8.00. The van der Waals surface area contributed by atoms with E-state index in [0.29, 0.717) is 11.6 Å². The fraction of sp³-hybridized carbons (Fsp3) is 0.278. The van der Waals surface area contributed by atoms with Crippen molar-refractivity contribution in [3.05, 3.63) is 53.9 Å². The average molecular weight is 341 g/mol. The largest absolute Gasteiger partial charge is 0.331 e. The topological polar surface area (TPSA) is 64.0 Å². The van der Waals surface area contributed by atoms with Gasteiger partial charge in [-0.2, -0.15) is 0 Å². The number of hydrogen-bond donors (Lipinski definition) is 1. The van der Waals surface area contributed by atoms with E-state index in [2.05, 4.69) is 14.3 Å². The minimum absolute atomic E-state index is 0.257. The SMILES string of the molecule is Cc1ccc(S(=O)(=O)Nc2ccc3c(c2)nc(C2CC2)n3C)cc1. The van der Waals surface area contributed by atoms with Gasteiger partial charge in [0.2, 0.25) is 0 Å². The summed E-state index contributed by atoms with van der Waals surface area (Å²) in [5.74, 6) is 1.64. The molecule has 0 radical (unpaired) electrons. The Morgan fingerprint density at radius 2 is 1.83 bits per heavy atom. The molecule has 1 N–H and O–H groups in total. The van der Waals surface area contributed by atoms with Gasteiger partial charge in [-0.1, -0.05) is 17.7 Å². The van der Waals surface area contributed by atoms with Crippen LogP contribution in [0.2, 0.25) is 0 Å². The summed E-state index contributed by atoms with van der Waals surface area (Å²) in [6, 6.07) is 12.3. The molecule has 1 saturated carbocycles. The molecular weight excluding hydrogens is 322 g/mol. The lowest BCUT2D eigenvalue weighted by molar-refractivity contribution is 0.601. The third-order valence-electron chi connectivity index (χ3n) is 4.44. The molecule has 5 nitrogen and oxygen atoms in total. The second-order valence-electron chi connectivity index (χ2n) is 6.43. The molecule has 4 rings (SSSR count). The summed E-state index contributed by atoms with van der Waals surface area (Å²) in [5, 5.41) is 0. The van der Waals surface area contributed by atoms with Crippen LogP contribution in [0.1, 0.15) is 30.1 Å². The lowest BCUT2D eigenvalue weighted by Gasteiger charge is -2.08. The number of aromatic nitrogens is 2. The molecule has 1 fully saturated rings. The van der Waals surface area contributed by atoms with Crippen LogP contribution in [0.4, 0.5) is 5.69 Å². The number of rotatable bonds is 4. The van der Waals surface area contributed by atoms with Gasteiger partial charge >= 0.3 is 0 Å². The van der Waals surface area contributed by atoms with E-state index >= 15 is 0 Å². The van der Waals surface area contributed by atoms with Crippen LogP contribution in [-0.2, 0) is 17.1 Å². The minimum atomic E-state index is -3.59. The minimum Gasteiger partial charge on any atom is -0.331 e. The van der Waals surface area contributed by atoms with E-state index in [9.17, 15) is 8.42 Å². The van der Waals surface area contributed by atoms with Crippen molar-refractivity contribution < 1.29 is 8.42 Å². The van der Waals surface area contributed by atoms with Crippen molar-refractivity contribution in [1.82, 2.24) is 9.55 Å². The Morgan fingerprint density at radius 3 is 2.50 bits per heavy atom. The van der Waals surface area contributed by atoms with Crippen molar-refractivity contribution in [3.63, 3.8) is 0 Å². The fourth-order valence-corrected chi connectivity index (χ4v) is 3.97. The van der Waals surface area contributed by atoms with Gasteiger partial charge in [-0.25, -0.2) is 13.4 Å². The van der Waals surface area contributed by atoms with Crippen LogP contribution in [0, 0.1) is 6.92 Å². The molecule has 0 saturated heterocycles. The molecule has 6 heteroatoms. The second kappa shape index (κ2) is 5.34. The predicted octanol–water partition coefficient (Wildman–Crippen LogP) is 3.56. The smallest absolute Gasteiger partial charge is 0.261 e. The molecule has 124 valence electrons. The highest BCUT2D eigenvalue weighted by atomic mass is 32.2. The molecule has 2 aromatic carbocycles. The van der Waals surface area contributed by atoms with Gasteiger partial charge in [0, 0.05) is 13.0 Å². The van der Waals surface area contributed by atoms with E-state index < -0.39 is 10.0 Å². The van der Waals surface area contributed by atoms with E-state index in [4.69, 9.17) is 0 Å². The third-order valence-corrected chi connectivity index (χ3v) is 5.84. The Bertz CT molecular complexity index is 1020. The molecule has 1 aliphatic rings. The van der Waals surface area contributed by atoms with Crippen LogP contribution in [0.25, 0.3) is 11.0 Å². The number of fused-ring (bicyclic) bond motifs is 1. The third kappa shape index (κ3) is 2.67. The lowest BCUT2D eigenvalue weighted by Crippen LogP contribution is -2.12. The molecule has 24 heavy (non-hydrogen) atoms. The molecule has 0 aliphatic heterocycles. The van der Waals surface area contributed by atoms with E-state index in [1.165, 1.54) is 12.8 Å². The number of nitrogens with one attached hydrogen (secondary N) is 1. The van der Waals surface area contributed by atoms with Crippen LogP contribution >= 0.6 is 0 Å². The Hall–Kier alpha value is -2.34. The van der Waals surface area contributed by atoms with E-state index in [1.54, 1.807) is 36.4 Å². The monoisotopic (exact) mass is 341 g/mol. The molecule has 1 heterocycles. The first kappa shape index (κ1) is 15.2. The van der Waals surface area contributed by atoms with Crippen LogP contribution in [-0.4, -0.2) is 18.0 Å². The van der Waals surface area contributed by atoms with Crippen molar-refractivity contribution in [3.8, 4) is 0 Å². The molecule has 0 atom stereocenters. The Kier molecular flexibility index (Phi) is 3.38. The Balaban J connectivity index is 1.67.